The van der Waals surface area contributed by atoms with E-state index < -0.39 is 0 Å². The predicted molar refractivity (Wildman–Crippen MR) is 63.7 cm³/mol. The summed E-state index contributed by atoms with van der Waals surface area (Å²) in [6, 6.07) is 0. The van der Waals surface area contributed by atoms with E-state index in [-0.39, 0.29) is 30.8 Å². The lowest BCUT2D eigenvalue weighted by Gasteiger charge is -2.36. The molecule has 17 heavy (non-hydrogen) atoms. The third-order valence-corrected chi connectivity index (χ3v) is 3.05. The third kappa shape index (κ3) is 4.61. The second kappa shape index (κ2) is 6.93. The van der Waals surface area contributed by atoms with Gasteiger partial charge in [-0.15, -0.1) is 0 Å². The van der Waals surface area contributed by atoms with E-state index in [1.807, 2.05) is 13.8 Å². The first-order valence-electron chi connectivity index (χ1n) is 6.13. The van der Waals surface area contributed by atoms with E-state index in [1.165, 1.54) is 0 Å². The van der Waals surface area contributed by atoms with Crippen molar-refractivity contribution in [1.82, 2.24) is 4.90 Å². The van der Waals surface area contributed by atoms with Gasteiger partial charge in [0.2, 0.25) is 5.91 Å². The topological polar surface area (TPSA) is 59.0 Å². The molecular weight excluding hydrogens is 222 g/mol. The summed E-state index contributed by atoms with van der Waals surface area (Å²) >= 11 is 0. The Morgan fingerprint density at radius 2 is 2.29 bits per heavy atom. The molecule has 1 N–H and O–H groups in total. The zero-order valence-electron chi connectivity index (χ0n) is 10.9. The van der Waals surface area contributed by atoms with Gasteiger partial charge in [-0.25, -0.2) is 0 Å². The van der Waals surface area contributed by atoms with E-state index in [0.29, 0.717) is 19.5 Å². The van der Waals surface area contributed by atoms with Crippen molar-refractivity contribution in [3.8, 4) is 0 Å². The molecule has 5 heteroatoms. The van der Waals surface area contributed by atoms with Crippen LogP contribution in [0.1, 0.15) is 26.7 Å². The Morgan fingerprint density at radius 1 is 1.59 bits per heavy atom. The number of hydrogen-bond donors (Lipinski definition) is 1. The number of hydrogen-bond acceptors (Lipinski definition) is 4. The van der Waals surface area contributed by atoms with Crippen LogP contribution in [0.5, 0.6) is 0 Å². The molecule has 1 amide bonds. The van der Waals surface area contributed by atoms with Crippen molar-refractivity contribution in [1.29, 1.82) is 0 Å². The Labute approximate surface area is 103 Å². The number of methoxy groups -OCH3 is 1. The van der Waals surface area contributed by atoms with Gasteiger partial charge in [-0.3, -0.25) is 4.79 Å². The largest absolute Gasteiger partial charge is 0.394 e. The van der Waals surface area contributed by atoms with Crippen LogP contribution in [0.3, 0.4) is 0 Å². The zero-order chi connectivity index (χ0) is 12.8. The molecule has 0 aromatic heterocycles. The van der Waals surface area contributed by atoms with Gasteiger partial charge in [0, 0.05) is 26.6 Å². The van der Waals surface area contributed by atoms with Crippen LogP contribution in [0.2, 0.25) is 0 Å². The third-order valence-electron chi connectivity index (χ3n) is 3.05. The molecule has 1 saturated heterocycles. The molecule has 0 bridgehead atoms. The monoisotopic (exact) mass is 245 g/mol. The van der Waals surface area contributed by atoms with Crippen LogP contribution in [-0.2, 0) is 14.3 Å². The number of carbonyl (C=O) groups is 1. The summed E-state index contributed by atoms with van der Waals surface area (Å²) in [6.45, 7) is 4.92. The van der Waals surface area contributed by atoms with Crippen LogP contribution < -0.4 is 0 Å². The van der Waals surface area contributed by atoms with Crippen LogP contribution in [-0.4, -0.2) is 61.0 Å². The highest BCUT2D eigenvalue weighted by Crippen LogP contribution is 2.13. The zero-order valence-corrected chi connectivity index (χ0v) is 10.9. The van der Waals surface area contributed by atoms with Crippen molar-refractivity contribution in [2.75, 3.05) is 26.8 Å². The van der Waals surface area contributed by atoms with Gasteiger partial charge in [0.1, 0.15) is 0 Å². The molecule has 1 aliphatic heterocycles. The lowest BCUT2D eigenvalue weighted by Crippen LogP contribution is -2.50. The van der Waals surface area contributed by atoms with Crippen molar-refractivity contribution in [2.45, 2.75) is 45.0 Å². The highest BCUT2D eigenvalue weighted by atomic mass is 16.5. The first-order chi connectivity index (χ1) is 8.06. The smallest absolute Gasteiger partial charge is 0.222 e. The fraction of sp³-hybridized carbons (Fsp3) is 0.917. The molecule has 0 saturated carbocycles. The summed E-state index contributed by atoms with van der Waals surface area (Å²) in [5.41, 5.74) is 0. The van der Waals surface area contributed by atoms with E-state index >= 15 is 0 Å². The summed E-state index contributed by atoms with van der Waals surface area (Å²) in [7, 11) is 1.65. The highest BCUT2D eigenvalue weighted by molar-refractivity contribution is 5.76. The number of carbonyl (C=O) groups excluding carboxylic acids is 1. The predicted octanol–water partition coefficient (Wildman–Crippen LogP) is 0.410. The molecule has 1 heterocycles. The minimum absolute atomic E-state index is 0.00954. The number of aliphatic hydroxyl groups excluding tert-OH is 1. The van der Waals surface area contributed by atoms with E-state index in [1.54, 1.807) is 12.0 Å². The maximum Gasteiger partial charge on any atom is 0.222 e. The van der Waals surface area contributed by atoms with Crippen LogP contribution in [0.15, 0.2) is 0 Å². The Morgan fingerprint density at radius 3 is 2.88 bits per heavy atom. The lowest BCUT2D eigenvalue weighted by atomic mass is 10.1. The second-order valence-electron chi connectivity index (χ2n) is 4.63. The fourth-order valence-electron chi connectivity index (χ4n) is 1.95. The van der Waals surface area contributed by atoms with Gasteiger partial charge in [-0.1, -0.05) is 0 Å². The maximum absolute atomic E-state index is 12.0. The van der Waals surface area contributed by atoms with Crippen molar-refractivity contribution in [3.63, 3.8) is 0 Å². The summed E-state index contributed by atoms with van der Waals surface area (Å²) in [6.07, 6.45) is 1.06. The van der Waals surface area contributed by atoms with Gasteiger partial charge in [0.25, 0.3) is 0 Å². The number of amides is 1. The van der Waals surface area contributed by atoms with E-state index in [4.69, 9.17) is 14.6 Å². The first-order valence-corrected chi connectivity index (χ1v) is 6.13. The molecule has 0 spiro atoms. The van der Waals surface area contributed by atoms with Crippen LogP contribution in [0.25, 0.3) is 0 Å². The Kier molecular flexibility index (Phi) is 5.88. The average Bonchev–Trinajstić information content (AvgIpc) is 2.34. The Bertz CT molecular complexity index is 247. The number of morpholine rings is 1. The molecule has 3 unspecified atom stereocenters. The highest BCUT2D eigenvalue weighted by Gasteiger charge is 2.27. The minimum atomic E-state index is -0.248. The van der Waals surface area contributed by atoms with Crippen LogP contribution >= 0.6 is 0 Å². The fourth-order valence-corrected chi connectivity index (χ4v) is 1.95. The molecule has 1 fully saturated rings. The van der Waals surface area contributed by atoms with Crippen LogP contribution in [0, 0.1) is 0 Å². The number of rotatable bonds is 5. The van der Waals surface area contributed by atoms with Gasteiger partial charge in [-0.2, -0.15) is 0 Å². The number of aliphatic hydroxyl groups is 1. The summed E-state index contributed by atoms with van der Waals surface area (Å²) in [5.74, 6) is 0.113. The number of nitrogens with zero attached hydrogens (tertiary/aromatic N) is 1. The lowest BCUT2D eigenvalue weighted by molar-refractivity contribution is -0.147. The van der Waals surface area contributed by atoms with Gasteiger partial charge < -0.3 is 19.5 Å². The summed E-state index contributed by atoms with van der Waals surface area (Å²) in [5, 5.41) is 9.08. The quantitative estimate of drug-likeness (QED) is 0.762. The van der Waals surface area contributed by atoms with Crippen molar-refractivity contribution in [3.05, 3.63) is 0 Å². The van der Waals surface area contributed by atoms with Gasteiger partial charge >= 0.3 is 0 Å². The molecule has 100 valence electrons. The molecule has 5 nitrogen and oxygen atoms in total. The number of ether oxygens (including phenoxy) is 2. The molecular formula is C12H23NO4. The molecule has 0 aliphatic carbocycles. The Balaban J connectivity index is 2.39. The average molecular weight is 245 g/mol. The molecule has 0 radical (unpaired) electrons. The minimum Gasteiger partial charge on any atom is -0.394 e. The van der Waals surface area contributed by atoms with Gasteiger partial charge in [0.05, 0.1) is 24.9 Å². The molecule has 0 aromatic rings. The SMILES string of the molecule is COC(C)CCC(=O)N1CC(C)OC(CO)C1. The Hall–Kier alpha value is -0.650. The van der Waals surface area contributed by atoms with Crippen molar-refractivity contribution in [2.24, 2.45) is 0 Å². The van der Waals surface area contributed by atoms with Crippen LogP contribution in [0.4, 0.5) is 0 Å². The van der Waals surface area contributed by atoms with Crippen molar-refractivity contribution >= 4 is 5.91 Å². The van der Waals surface area contributed by atoms with E-state index in [0.717, 1.165) is 6.42 Å². The maximum atomic E-state index is 12.0. The second-order valence-corrected chi connectivity index (χ2v) is 4.63. The molecule has 1 rings (SSSR count). The van der Waals surface area contributed by atoms with E-state index in [2.05, 4.69) is 0 Å². The molecule has 1 aliphatic rings. The van der Waals surface area contributed by atoms with E-state index in [9.17, 15) is 4.79 Å². The van der Waals surface area contributed by atoms with Gasteiger partial charge in [0.15, 0.2) is 0 Å². The molecule has 0 aromatic carbocycles. The normalized spacial score (nSPS) is 26.9. The summed E-state index contributed by atoms with van der Waals surface area (Å²) in [4.78, 5) is 13.7. The standard InChI is InChI=1S/C12H23NO4/c1-9(16-3)4-5-12(15)13-6-10(2)17-11(7-13)8-14/h9-11,14H,4-8H2,1-3H3. The summed E-state index contributed by atoms with van der Waals surface area (Å²) < 4.78 is 10.6. The van der Waals surface area contributed by atoms with Gasteiger partial charge in [-0.05, 0) is 20.3 Å². The molecule has 3 atom stereocenters. The first kappa shape index (κ1) is 14.4. The van der Waals surface area contributed by atoms with Crippen molar-refractivity contribution < 1.29 is 19.4 Å².